The van der Waals surface area contributed by atoms with Crippen LogP contribution in [-0.2, 0) is 20.7 Å². The van der Waals surface area contributed by atoms with Crippen LogP contribution in [0.4, 0.5) is 0 Å². The van der Waals surface area contributed by atoms with Gasteiger partial charge in [0.2, 0.25) is 5.91 Å². The van der Waals surface area contributed by atoms with E-state index in [-0.39, 0.29) is 11.3 Å². The molecule has 3 heterocycles. The first-order valence-corrected chi connectivity index (χ1v) is 13.3. The van der Waals surface area contributed by atoms with Gasteiger partial charge in [0.15, 0.2) is 6.61 Å². The van der Waals surface area contributed by atoms with Gasteiger partial charge in [0.1, 0.15) is 0 Å². The number of thiophene rings is 1. The molecule has 0 saturated carbocycles. The second-order valence-corrected chi connectivity index (χ2v) is 11.6. The lowest BCUT2D eigenvalue weighted by molar-refractivity contribution is -0.143. The highest BCUT2D eigenvalue weighted by Crippen LogP contribution is 2.45. The average Bonchev–Trinajstić information content (AvgIpc) is 3.52. The van der Waals surface area contributed by atoms with Crippen LogP contribution in [0.3, 0.4) is 0 Å². The number of allylic oxidation sites excluding steroid dienone is 1. The largest absolute Gasteiger partial charge is 0.452 e. The summed E-state index contributed by atoms with van der Waals surface area (Å²) in [5, 5.41) is 2.77. The number of esters is 1. The standard InChI is InChI=1S/C29H30N2O4S/c1-29(2,3)19-14-18(15-20-8-7-13-36-20)27-22(16-19)26(21-9-4-5-10-23(21)30-27)28(34)35-17-25(33)31-12-6-11-24(31)32/h4-5,7-10,13,15,19H,6,11-12,14,16-17H2,1-3H3. The first-order valence-electron chi connectivity index (χ1n) is 12.4. The Balaban J connectivity index is 1.58. The van der Waals surface area contributed by atoms with Gasteiger partial charge < -0.3 is 4.74 Å². The van der Waals surface area contributed by atoms with Crippen molar-refractivity contribution >= 4 is 51.7 Å². The second-order valence-electron chi connectivity index (χ2n) is 10.6. The van der Waals surface area contributed by atoms with Crippen molar-refractivity contribution < 1.29 is 19.1 Å². The summed E-state index contributed by atoms with van der Waals surface area (Å²) in [5.74, 6) is -0.924. The fraction of sp³-hybridized carbons (Fsp3) is 0.379. The third-order valence-electron chi connectivity index (χ3n) is 7.20. The van der Waals surface area contributed by atoms with Crippen molar-refractivity contribution in [1.29, 1.82) is 0 Å². The maximum atomic E-state index is 13.6. The molecule has 0 bridgehead atoms. The zero-order valence-corrected chi connectivity index (χ0v) is 21.7. The zero-order chi connectivity index (χ0) is 25.4. The van der Waals surface area contributed by atoms with Gasteiger partial charge in [-0.15, -0.1) is 11.3 Å². The fourth-order valence-corrected chi connectivity index (χ4v) is 5.79. The van der Waals surface area contributed by atoms with E-state index in [2.05, 4.69) is 38.3 Å². The van der Waals surface area contributed by atoms with Gasteiger partial charge in [-0.05, 0) is 65.3 Å². The van der Waals surface area contributed by atoms with Gasteiger partial charge in [-0.1, -0.05) is 45.0 Å². The molecular formula is C29H30N2O4S. The van der Waals surface area contributed by atoms with Gasteiger partial charge in [0, 0.05) is 23.2 Å². The molecule has 6 nitrogen and oxygen atoms in total. The van der Waals surface area contributed by atoms with Gasteiger partial charge in [-0.3, -0.25) is 14.5 Å². The van der Waals surface area contributed by atoms with E-state index < -0.39 is 18.5 Å². The summed E-state index contributed by atoms with van der Waals surface area (Å²) in [4.78, 5) is 45.4. The first-order chi connectivity index (χ1) is 17.2. The summed E-state index contributed by atoms with van der Waals surface area (Å²) >= 11 is 1.67. The minimum Gasteiger partial charge on any atom is -0.452 e. The minimum absolute atomic E-state index is 0.0190. The number of likely N-dealkylation sites (tertiary alicyclic amines) is 1. The summed E-state index contributed by atoms with van der Waals surface area (Å²) in [6.07, 6.45) is 4.75. The maximum absolute atomic E-state index is 13.6. The lowest BCUT2D eigenvalue weighted by atomic mass is 9.69. The molecule has 1 aromatic carbocycles. The van der Waals surface area contributed by atoms with Gasteiger partial charge in [0.25, 0.3) is 5.91 Å². The molecule has 3 aromatic rings. The van der Waals surface area contributed by atoms with Crippen LogP contribution in [0.2, 0.25) is 0 Å². The van der Waals surface area contributed by atoms with Crippen molar-refractivity contribution in [3.63, 3.8) is 0 Å². The minimum atomic E-state index is -0.546. The van der Waals surface area contributed by atoms with Crippen molar-refractivity contribution in [2.45, 2.75) is 46.5 Å². The van der Waals surface area contributed by atoms with Crippen molar-refractivity contribution in [2.24, 2.45) is 11.3 Å². The highest BCUT2D eigenvalue weighted by atomic mass is 32.1. The third kappa shape index (κ3) is 4.72. The van der Waals surface area contributed by atoms with E-state index in [0.717, 1.165) is 39.0 Å². The lowest BCUT2D eigenvalue weighted by Gasteiger charge is -2.36. The number of carbonyl (C=O) groups is 3. The van der Waals surface area contributed by atoms with Crippen LogP contribution in [-0.4, -0.2) is 40.8 Å². The zero-order valence-electron chi connectivity index (χ0n) is 20.9. The number of hydrogen-bond donors (Lipinski definition) is 0. The molecule has 0 spiro atoms. The molecule has 1 unspecified atom stereocenters. The molecule has 2 amide bonds. The van der Waals surface area contributed by atoms with Crippen LogP contribution in [0.15, 0.2) is 41.8 Å². The number of nitrogens with zero attached hydrogens (tertiary/aromatic N) is 2. The number of pyridine rings is 1. The van der Waals surface area contributed by atoms with Crippen LogP contribution in [0, 0.1) is 11.3 Å². The molecule has 5 rings (SSSR count). The SMILES string of the molecule is CC(C)(C)C1CC(=Cc2cccs2)c2nc3ccccc3c(C(=O)OCC(=O)N3CCCC3=O)c2C1. The molecule has 7 heteroatoms. The molecular weight excluding hydrogens is 472 g/mol. The molecule has 1 atom stereocenters. The van der Waals surface area contributed by atoms with E-state index in [9.17, 15) is 14.4 Å². The van der Waals surface area contributed by atoms with Gasteiger partial charge in [0.05, 0.1) is 16.8 Å². The maximum Gasteiger partial charge on any atom is 0.339 e. The van der Waals surface area contributed by atoms with E-state index in [4.69, 9.17) is 9.72 Å². The van der Waals surface area contributed by atoms with Crippen molar-refractivity contribution in [3.8, 4) is 0 Å². The molecule has 1 aliphatic heterocycles. The van der Waals surface area contributed by atoms with Gasteiger partial charge >= 0.3 is 5.97 Å². The van der Waals surface area contributed by atoms with Crippen LogP contribution < -0.4 is 0 Å². The summed E-state index contributed by atoms with van der Waals surface area (Å²) < 4.78 is 5.56. The highest BCUT2D eigenvalue weighted by Gasteiger charge is 2.36. The Hall–Kier alpha value is -3.32. The van der Waals surface area contributed by atoms with E-state index in [1.165, 1.54) is 4.90 Å². The Labute approximate surface area is 215 Å². The number of amides is 2. The molecule has 2 aliphatic rings. The Morgan fingerprint density at radius 3 is 2.67 bits per heavy atom. The normalized spacial score (nSPS) is 19.1. The van der Waals surface area contributed by atoms with Crippen molar-refractivity contribution in [3.05, 3.63) is 63.5 Å². The number of aromatic nitrogens is 1. The number of fused-ring (bicyclic) bond motifs is 2. The van der Waals surface area contributed by atoms with Crippen LogP contribution in [0.1, 0.15) is 66.5 Å². The molecule has 186 valence electrons. The predicted molar refractivity (Wildman–Crippen MR) is 141 cm³/mol. The Morgan fingerprint density at radius 2 is 1.97 bits per heavy atom. The fourth-order valence-electron chi connectivity index (χ4n) is 5.10. The molecule has 36 heavy (non-hydrogen) atoms. The summed E-state index contributed by atoms with van der Waals surface area (Å²) in [6.45, 7) is 6.61. The predicted octanol–water partition coefficient (Wildman–Crippen LogP) is 5.75. The lowest BCUT2D eigenvalue weighted by Crippen LogP contribution is -2.35. The molecule has 1 fully saturated rings. The Bertz CT molecular complexity index is 1370. The summed E-state index contributed by atoms with van der Waals surface area (Å²) in [7, 11) is 0. The Kier molecular flexibility index (Phi) is 6.51. The third-order valence-corrected chi connectivity index (χ3v) is 8.02. The molecule has 1 saturated heterocycles. The Morgan fingerprint density at radius 1 is 1.17 bits per heavy atom. The van der Waals surface area contributed by atoms with Crippen LogP contribution in [0.5, 0.6) is 0 Å². The van der Waals surface area contributed by atoms with Crippen LogP contribution >= 0.6 is 11.3 Å². The molecule has 2 aromatic heterocycles. The van der Waals surface area contributed by atoms with E-state index >= 15 is 0 Å². The number of rotatable bonds is 4. The van der Waals surface area contributed by atoms with Crippen LogP contribution in [0.25, 0.3) is 22.6 Å². The summed E-state index contributed by atoms with van der Waals surface area (Å²) in [6, 6.07) is 11.7. The van der Waals surface area contributed by atoms with E-state index in [1.807, 2.05) is 30.3 Å². The van der Waals surface area contributed by atoms with E-state index in [1.54, 1.807) is 11.3 Å². The quantitative estimate of drug-likeness (QED) is 0.425. The van der Waals surface area contributed by atoms with Gasteiger partial charge in [-0.2, -0.15) is 0 Å². The number of carbonyl (C=O) groups excluding carboxylic acids is 3. The van der Waals surface area contributed by atoms with Gasteiger partial charge in [-0.25, -0.2) is 9.78 Å². The highest BCUT2D eigenvalue weighted by molar-refractivity contribution is 7.10. The number of benzene rings is 1. The molecule has 0 N–H and O–H groups in total. The van der Waals surface area contributed by atoms with Crippen molar-refractivity contribution in [1.82, 2.24) is 9.88 Å². The van der Waals surface area contributed by atoms with E-state index in [0.29, 0.717) is 37.3 Å². The topological polar surface area (TPSA) is 76.6 Å². The average molecular weight is 503 g/mol. The number of hydrogen-bond acceptors (Lipinski definition) is 6. The number of ether oxygens (including phenoxy) is 1. The molecule has 0 radical (unpaired) electrons. The smallest absolute Gasteiger partial charge is 0.339 e. The first kappa shape index (κ1) is 24.4. The monoisotopic (exact) mass is 502 g/mol. The van der Waals surface area contributed by atoms with Crippen molar-refractivity contribution in [2.75, 3.05) is 13.2 Å². The second kappa shape index (κ2) is 9.62. The number of para-hydroxylation sites is 1. The summed E-state index contributed by atoms with van der Waals surface area (Å²) in [5.41, 5.74) is 4.02. The molecule has 1 aliphatic carbocycles. The number of imide groups is 1.